The van der Waals surface area contributed by atoms with Crippen LogP contribution in [0, 0.1) is 0 Å². The first-order chi connectivity index (χ1) is 10.6. The minimum atomic E-state index is -1.09. The lowest BCUT2D eigenvalue weighted by Crippen LogP contribution is -2.02. The summed E-state index contributed by atoms with van der Waals surface area (Å²) in [5.41, 5.74) is 1.20. The van der Waals surface area contributed by atoms with E-state index in [-0.39, 0.29) is 5.69 Å². The number of aromatic nitrogens is 1. The van der Waals surface area contributed by atoms with E-state index in [9.17, 15) is 4.79 Å². The standard InChI is InChI=1S/C15H16N2O5/c1-20-12-7-10(8-13(21-2)14(12)22-3)17-9-4-5-16-11(6-9)15(18)19/h4-8H,1-3H3,(H,16,17)(H,18,19). The van der Waals surface area contributed by atoms with Gasteiger partial charge in [0.1, 0.15) is 5.69 Å². The quantitative estimate of drug-likeness (QED) is 0.847. The molecule has 0 aliphatic carbocycles. The molecule has 0 fully saturated rings. The summed E-state index contributed by atoms with van der Waals surface area (Å²) < 4.78 is 15.8. The van der Waals surface area contributed by atoms with E-state index in [2.05, 4.69) is 10.3 Å². The highest BCUT2D eigenvalue weighted by atomic mass is 16.5. The minimum Gasteiger partial charge on any atom is -0.493 e. The van der Waals surface area contributed by atoms with Crippen LogP contribution in [0.1, 0.15) is 10.5 Å². The van der Waals surface area contributed by atoms with E-state index in [1.54, 1.807) is 18.2 Å². The van der Waals surface area contributed by atoms with Gasteiger partial charge in [0.2, 0.25) is 5.75 Å². The van der Waals surface area contributed by atoms with Crippen LogP contribution in [-0.2, 0) is 0 Å². The van der Waals surface area contributed by atoms with Gasteiger partial charge in [-0.1, -0.05) is 0 Å². The Morgan fingerprint density at radius 3 is 2.18 bits per heavy atom. The van der Waals surface area contributed by atoms with E-state index in [4.69, 9.17) is 19.3 Å². The second-order valence-electron chi connectivity index (χ2n) is 4.27. The predicted molar refractivity (Wildman–Crippen MR) is 80.6 cm³/mol. The second-order valence-corrected chi connectivity index (χ2v) is 4.27. The van der Waals surface area contributed by atoms with Crippen LogP contribution in [0.15, 0.2) is 30.5 Å². The molecule has 2 aromatic rings. The molecule has 1 heterocycles. The molecule has 0 radical (unpaired) electrons. The smallest absolute Gasteiger partial charge is 0.354 e. The number of benzene rings is 1. The van der Waals surface area contributed by atoms with Crippen molar-refractivity contribution in [2.24, 2.45) is 0 Å². The molecule has 2 rings (SSSR count). The molecule has 2 N–H and O–H groups in total. The molecule has 0 bridgehead atoms. The number of carbonyl (C=O) groups is 1. The number of carboxylic acids is 1. The van der Waals surface area contributed by atoms with E-state index < -0.39 is 5.97 Å². The summed E-state index contributed by atoms with van der Waals surface area (Å²) in [5.74, 6) is 0.388. The molecule has 0 spiro atoms. The third-order valence-electron chi connectivity index (χ3n) is 2.93. The number of hydrogen-bond acceptors (Lipinski definition) is 6. The fraction of sp³-hybridized carbons (Fsp3) is 0.200. The number of rotatable bonds is 6. The Morgan fingerprint density at radius 2 is 1.68 bits per heavy atom. The van der Waals surface area contributed by atoms with E-state index in [1.807, 2.05) is 0 Å². The van der Waals surface area contributed by atoms with Crippen molar-refractivity contribution in [1.82, 2.24) is 4.98 Å². The molecule has 0 aliphatic heterocycles. The highest BCUT2D eigenvalue weighted by Gasteiger charge is 2.13. The normalized spacial score (nSPS) is 9.95. The van der Waals surface area contributed by atoms with Gasteiger partial charge in [-0.15, -0.1) is 0 Å². The van der Waals surface area contributed by atoms with Crippen LogP contribution in [0.3, 0.4) is 0 Å². The Bertz CT molecular complexity index is 662. The van der Waals surface area contributed by atoms with Gasteiger partial charge in [-0.25, -0.2) is 9.78 Å². The van der Waals surface area contributed by atoms with Gasteiger partial charge in [0.25, 0.3) is 0 Å². The molecule has 0 atom stereocenters. The zero-order chi connectivity index (χ0) is 16.1. The number of hydrogen-bond donors (Lipinski definition) is 2. The Morgan fingerprint density at radius 1 is 1.05 bits per heavy atom. The lowest BCUT2D eigenvalue weighted by Gasteiger charge is -2.15. The topological polar surface area (TPSA) is 89.9 Å². The second kappa shape index (κ2) is 6.66. The minimum absolute atomic E-state index is 0.0440. The average Bonchev–Trinajstić information content (AvgIpc) is 2.54. The van der Waals surface area contributed by atoms with Crippen molar-refractivity contribution in [2.75, 3.05) is 26.6 Å². The van der Waals surface area contributed by atoms with Crippen molar-refractivity contribution in [3.63, 3.8) is 0 Å². The zero-order valence-electron chi connectivity index (χ0n) is 12.4. The van der Waals surface area contributed by atoms with Crippen LogP contribution >= 0.6 is 0 Å². The molecular formula is C15H16N2O5. The van der Waals surface area contributed by atoms with Gasteiger partial charge < -0.3 is 24.6 Å². The molecule has 0 amide bonds. The summed E-state index contributed by atoms with van der Waals surface area (Å²) in [4.78, 5) is 14.7. The fourth-order valence-corrected chi connectivity index (χ4v) is 1.95. The lowest BCUT2D eigenvalue weighted by molar-refractivity contribution is 0.0690. The number of anilines is 2. The average molecular weight is 304 g/mol. The van der Waals surface area contributed by atoms with Crippen molar-refractivity contribution in [1.29, 1.82) is 0 Å². The van der Waals surface area contributed by atoms with Gasteiger partial charge in [-0.05, 0) is 12.1 Å². The van der Waals surface area contributed by atoms with Crippen LogP contribution in [0.4, 0.5) is 11.4 Å². The van der Waals surface area contributed by atoms with Gasteiger partial charge in [-0.2, -0.15) is 0 Å². The number of ether oxygens (including phenoxy) is 3. The Balaban J connectivity index is 2.37. The van der Waals surface area contributed by atoms with Crippen molar-refractivity contribution in [3.05, 3.63) is 36.2 Å². The largest absolute Gasteiger partial charge is 0.493 e. The Hall–Kier alpha value is -2.96. The van der Waals surface area contributed by atoms with Crippen LogP contribution in [0.5, 0.6) is 17.2 Å². The number of nitrogens with zero attached hydrogens (tertiary/aromatic N) is 1. The molecule has 1 aromatic heterocycles. The van der Waals surface area contributed by atoms with Gasteiger partial charge >= 0.3 is 5.97 Å². The zero-order valence-corrected chi connectivity index (χ0v) is 12.4. The van der Waals surface area contributed by atoms with Crippen molar-refractivity contribution < 1.29 is 24.1 Å². The number of pyridine rings is 1. The summed E-state index contributed by atoms with van der Waals surface area (Å²) >= 11 is 0. The van der Waals surface area contributed by atoms with Gasteiger partial charge in [0.05, 0.1) is 21.3 Å². The molecule has 0 saturated heterocycles. The van der Waals surface area contributed by atoms with Crippen LogP contribution in [0.25, 0.3) is 0 Å². The third-order valence-corrected chi connectivity index (χ3v) is 2.93. The fourth-order valence-electron chi connectivity index (χ4n) is 1.95. The first kappa shape index (κ1) is 15.4. The summed E-state index contributed by atoms with van der Waals surface area (Å²) in [7, 11) is 4.57. The first-order valence-electron chi connectivity index (χ1n) is 6.35. The van der Waals surface area contributed by atoms with Crippen LogP contribution in [0.2, 0.25) is 0 Å². The van der Waals surface area contributed by atoms with Gasteiger partial charge in [0.15, 0.2) is 11.5 Å². The maximum Gasteiger partial charge on any atom is 0.354 e. The van der Waals surface area contributed by atoms with Crippen molar-refractivity contribution in [3.8, 4) is 17.2 Å². The number of methoxy groups -OCH3 is 3. The Kier molecular flexibility index (Phi) is 4.67. The highest BCUT2D eigenvalue weighted by molar-refractivity contribution is 5.86. The molecular weight excluding hydrogens is 288 g/mol. The summed E-state index contributed by atoms with van der Waals surface area (Å²) in [6.45, 7) is 0. The molecule has 22 heavy (non-hydrogen) atoms. The number of nitrogens with one attached hydrogen (secondary N) is 1. The predicted octanol–water partition coefficient (Wildman–Crippen LogP) is 2.55. The lowest BCUT2D eigenvalue weighted by atomic mass is 10.2. The maximum atomic E-state index is 10.9. The summed E-state index contributed by atoms with van der Waals surface area (Å²) in [5, 5.41) is 12.0. The third kappa shape index (κ3) is 3.20. The van der Waals surface area contributed by atoms with E-state index in [1.165, 1.54) is 33.6 Å². The SMILES string of the molecule is COc1cc(Nc2ccnc(C(=O)O)c2)cc(OC)c1OC. The van der Waals surface area contributed by atoms with Gasteiger partial charge in [-0.3, -0.25) is 0 Å². The van der Waals surface area contributed by atoms with Crippen LogP contribution in [-0.4, -0.2) is 37.4 Å². The van der Waals surface area contributed by atoms with Crippen LogP contribution < -0.4 is 19.5 Å². The molecule has 0 aliphatic rings. The molecule has 0 unspecified atom stereocenters. The summed E-state index contributed by atoms with van der Waals surface area (Å²) in [6, 6.07) is 6.55. The first-order valence-corrected chi connectivity index (χ1v) is 6.35. The van der Waals surface area contributed by atoms with E-state index in [0.29, 0.717) is 28.6 Å². The Labute approximate surface area is 127 Å². The monoisotopic (exact) mass is 304 g/mol. The molecule has 7 nitrogen and oxygen atoms in total. The molecule has 116 valence electrons. The van der Waals surface area contributed by atoms with Crippen molar-refractivity contribution in [2.45, 2.75) is 0 Å². The molecule has 1 aromatic carbocycles. The summed E-state index contributed by atoms with van der Waals surface area (Å²) in [6.07, 6.45) is 1.42. The molecule has 0 saturated carbocycles. The maximum absolute atomic E-state index is 10.9. The van der Waals surface area contributed by atoms with Gasteiger partial charge in [0, 0.05) is 29.7 Å². The highest BCUT2D eigenvalue weighted by Crippen LogP contribution is 2.40. The van der Waals surface area contributed by atoms with Crippen molar-refractivity contribution >= 4 is 17.3 Å². The number of carboxylic acid groups (broad SMARTS) is 1. The van der Waals surface area contributed by atoms with E-state index in [0.717, 1.165) is 0 Å². The van der Waals surface area contributed by atoms with E-state index >= 15 is 0 Å². The number of aromatic carboxylic acids is 1. The molecule has 7 heteroatoms.